The summed E-state index contributed by atoms with van der Waals surface area (Å²) in [6, 6.07) is 13.5. The minimum Gasteiger partial charge on any atom is -0.454 e. The highest BCUT2D eigenvalue weighted by atomic mass is 32.1. The number of fused-ring (bicyclic) bond motifs is 1. The third-order valence-electron chi connectivity index (χ3n) is 3.66. The molecule has 0 radical (unpaired) electrons. The summed E-state index contributed by atoms with van der Waals surface area (Å²) in [5.74, 6) is -0.797. The first-order valence-corrected chi connectivity index (χ1v) is 8.39. The van der Waals surface area contributed by atoms with Gasteiger partial charge < -0.3 is 4.74 Å². The lowest BCUT2D eigenvalue weighted by Crippen LogP contribution is -2.06. The first kappa shape index (κ1) is 15.5. The SMILES string of the molecule is O=C(OCc1csc(-c2ccc(F)cc2)n1)c1n[nH]c2ccccc12. The Balaban J connectivity index is 1.46. The molecule has 0 saturated heterocycles. The van der Waals surface area contributed by atoms with Crippen molar-refractivity contribution in [3.05, 3.63) is 71.1 Å². The third-order valence-corrected chi connectivity index (χ3v) is 4.60. The molecule has 124 valence electrons. The highest BCUT2D eigenvalue weighted by molar-refractivity contribution is 7.13. The van der Waals surface area contributed by atoms with Crippen molar-refractivity contribution in [2.24, 2.45) is 0 Å². The summed E-state index contributed by atoms with van der Waals surface area (Å²) in [7, 11) is 0. The number of para-hydroxylation sites is 1. The number of halogens is 1. The molecule has 0 amide bonds. The van der Waals surface area contributed by atoms with Crippen LogP contribution in [0.1, 0.15) is 16.2 Å². The maximum Gasteiger partial charge on any atom is 0.359 e. The third kappa shape index (κ3) is 3.14. The molecule has 2 heterocycles. The molecule has 0 aliphatic carbocycles. The van der Waals surface area contributed by atoms with Gasteiger partial charge in [0.25, 0.3) is 0 Å². The summed E-state index contributed by atoms with van der Waals surface area (Å²) < 4.78 is 18.3. The molecule has 0 spiro atoms. The molecule has 2 aromatic heterocycles. The minimum absolute atomic E-state index is 0.0533. The van der Waals surface area contributed by atoms with Gasteiger partial charge in [-0.2, -0.15) is 5.10 Å². The van der Waals surface area contributed by atoms with Crippen LogP contribution in [-0.2, 0) is 11.3 Å². The normalized spacial score (nSPS) is 10.9. The van der Waals surface area contributed by atoms with Crippen LogP contribution in [0.25, 0.3) is 21.5 Å². The van der Waals surface area contributed by atoms with Gasteiger partial charge in [-0.15, -0.1) is 11.3 Å². The number of H-pyrrole nitrogens is 1. The number of ether oxygens (including phenoxy) is 1. The predicted octanol–water partition coefficient (Wildman–Crippen LogP) is 4.18. The average Bonchev–Trinajstić information content (AvgIpc) is 3.27. The van der Waals surface area contributed by atoms with E-state index in [0.29, 0.717) is 5.69 Å². The largest absolute Gasteiger partial charge is 0.454 e. The molecule has 0 atom stereocenters. The standard InChI is InChI=1S/C18H12FN3O2S/c19-12-7-5-11(6-8-12)17-20-13(10-25-17)9-24-18(23)16-14-3-1-2-4-15(14)21-22-16/h1-8,10H,9H2,(H,21,22). The molecule has 0 unspecified atom stereocenters. The fourth-order valence-corrected chi connectivity index (χ4v) is 3.24. The van der Waals surface area contributed by atoms with E-state index in [1.165, 1.54) is 23.5 Å². The molecule has 7 heteroatoms. The maximum atomic E-state index is 13.0. The summed E-state index contributed by atoms with van der Waals surface area (Å²) in [4.78, 5) is 16.7. The molecule has 2 aromatic carbocycles. The van der Waals surface area contributed by atoms with Crippen LogP contribution < -0.4 is 0 Å². The van der Waals surface area contributed by atoms with Crippen molar-refractivity contribution in [2.75, 3.05) is 0 Å². The van der Waals surface area contributed by atoms with E-state index in [4.69, 9.17) is 4.74 Å². The molecular weight excluding hydrogens is 341 g/mol. The van der Waals surface area contributed by atoms with E-state index < -0.39 is 5.97 Å². The van der Waals surface area contributed by atoms with Crippen molar-refractivity contribution in [1.29, 1.82) is 0 Å². The highest BCUT2D eigenvalue weighted by Crippen LogP contribution is 2.24. The Morgan fingerprint density at radius 3 is 2.80 bits per heavy atom. The number of benzene rings is 2. The average molecular weight is 353 g/mol. The van der Waals surface area contributed by atoms with E-state index in [1.807, 2.05) is 29.6 Å². The number of thiazole rings is 1. The molecule has 0 bridgehead atoms. The topological polar surface area (TPSA) is 67.9 Å². The zero-order valence-electron chi connectivity index (χ0n) is 12.9. The first-order chi connectivity index (χ1) is 12.2. The number of aromatic amines is 1. The molecule has 1 N–H and O–H groups in total. The predicted molar refractivity (Wildman–Crippen MR) is 92.7 cm³/mol. The van der Waals surface area contributed by atoms with E-state index in [-0.39, 0.29) is 18.1 Å². The Kier molecular flexibility index (Phi) is 3.99. The Labute approximate surface area is 146 Å². The molecular formula is C18H12FN3O2S. The van der Waals surface area contributed by atoms with E-state index in [2.05, 4.69) is 15.2 Å². The molecule has 5 nitrogen and oxygen atoms in total. The van der Waals surface area contributed by atoms with Crippen LogP contribution in [0, 0.1) is 5.82 Å². The van der Waals surface area contributed by atoms with Crippen LogP contribution >= 0.6 is 11.3 Å². The van der Waals surface area contributed by atoms with Crippen LogP contribution in [0.4, 0.5) is 4.39 Å². The lowest BCUT2D eigenvalue weighted by atomic mass is 10.2. The summed E-state index contributed by atoms with van der Waals surface area (Å²) in [6.45, 7) is 0.0533. The van der Waals surface area contributed by atoms with Crippen LogP contribution in [0.5, 0.6) is 0 Å². The van der Waals surface area contributed by atoms with Gasteiger partial charge in [0.1, 0.15) is 17.4 Å². The van der Waals surface area contributed by atoms with Gasteiger partial charge in [-0.1, -0.05) is 18.2 Å². The number of nitrogens with one attached hydrogen (secondary N) is 1. The van der Waals surface area contributed by atoms with Crippen molar-refractivity contribution in [3.8, 4) is 10.6 Å². The monoisotopic (exact) mass is 353 g/mol. The highest BCUT2D eigenvalue weighted by Gasteiger charge is 2.16. The Morgan fingerprint density at radius 1 is 1.16 bits per heavy atom. The molecule has 4 aromatic rings. The van der Waals surface area contributed by atoms with Crippen molar-refractivity contribution in [2.45, 2.75) is 6.61 Å². The summed E-state index contributed by atoms with van der Waals surface area (Å²) >= 11 is 1.41. The lowest BCUT2D eigenvalue weighted by molar-refractivity contribution is 0.0464. The number of carbonyl (C=O) groups is 1. The van der Waals surface area contributed by atoms with Crippen LogP contribution in [0.3, 0.4) is 0 Å². The second kappa shape index (κ2) is 6.45. The molecule has 0 saturated carbocycles. The smallest absolute Gasteiger partial charge is 0.359 e. The Bertz CT molecular complexity index is 1040. The fraction of sp³-hybridized carbons (Fsp3) is 0.0556. The second-order valence-corrected chi connectivity index (χ2v) is 6.20. The van der Waals surface area contributed by atoms with Crippen LogP contribution in [0.15, 0.2) is 53.9 Å². The van der Waals surface area contributed by atoms with Crippen molar-refractivity contribution >= 4 is 28.2 Å². The number of rotatable bonds is 4. The number of esters is 1. The van der Waals surface area contributed by atoms with Gasteiger partial charge in [-0.3, -0.25) is 5.10 Å². The first-order valence-electron chi connectivity index (χ1n) is 7.51. The Hall–Kier alpha value is -3.06. The van der Waals surface area contributed by atoms with E-state index in [1.54, 1.807) is 12.1 Å². The van der Waals surface area contributed by atoms with Crippen molar-refractivity contribution < 1.29 is 13.9 Å². The summed E-state index contributed by atoms with van der Waals surface area (Å²) in [5, 5.41) is 10.1. The number of nitrogens with zero attached hydrogens (tertiary/aromatic N) is 2. The summed E-state index contributed by atoms with van der Waals surface area (Å²) in [5.41, 5.74) is 2.49. The van der Waals surface area contributed by atoms with Crippen LogP contribution in [0.2, 0.25) is 0 Å². The number of aromatic nitrogens is 3. The molecule has 0 fully saturated rings. The molecule has 0 aliphatic heterocycles. The van der Waals surface area contributed by atoms with E-state index >= 15 is 0 Å². The summed E-state index contributed by atoms with van der Waals surface area (Å²) in [6.07, 6.45) is 0. The van der Waals surface area contributed by atoms with Gasteiger partial charge in [0.05, 0.1) is 11.2 Å². The van der Waals surface area contributed by atoms with Gasteiger partial charge in [0, 0.05) is 16.3 Å². The molecule has 4 rings (SSSR count). The van der Waals surface area contributed by atoms with Gasteiger partial charge in [0.15, 0.2) is 5.69 Å². The fourth-order valence-electron chi connectivity index (χ4n) is 2.43. The van der Waals surface area contributed by atoms with Gasteiger partial charge in [-0.05, 0) is 30.3 Å². The van der Waals surface area contributed by atoms with E-state index in [9.17, 15) is 9.18 Å². The Morgan fingerprint density at radius 2 is 1.96 bits per heavy atom. The van der Waals surface area contributed by atoms with E-state index in [0.717, 1.165) is 21.5 Å². The number of hydrogen-bond donors (Lipinski definition) is 1. The zero-order valence-corrected chi connectivity index (χ0v) is 13.7. The van der Waals surface area contributed by atoms with Gasteiger partial charge in [0.2, 0.25) is 0 Å². The van der Waals surface area contributed by atoms with Crippen molar-refractivity contribution in [1.82, 2.24) is 15.2 Å². The van der Waals surface area contributed by atoms with Crippen molar-refractivity contribution in [3.63, 3.8) is 0 Å². The number of hydrogen-bond acceptors (Lipinski definition) is 5. The second-order valence-electron chi connectivity index (χ2n) is 5.34. The molecule has 25 heavy (non-hydrogen) atoms. The lowest BCUT2D eigenvalue weighted by Gasteiger charge is -2.00. The zero-order chi connectivity index (χ0) is 17.2. The quantitative estimate of drug-likeness (QED) is 0.559. The van der Waals surface area contributed by atoms with Gasteiger partial charge in [-0.25, -0.2) is 14.2 Å². The maximum absolute atomic E-state index is 13.0. The molecule has 0 aliphatic rings. The minimum atomic E-state index is -0.506. The van der Waals surface area contributed by atoms with Gasteiger partial charge >= 0.3 is 5.97 Å². The number of carbonyl (C=O) groups excluding carboxylic acids is 1. The van der Waals surface area contributed by atoms with Crippen LogP contribution in [-0.4, -0.2) is 21.2 Å².